The zero-order valence-corrected chi connectivity index (χ0v) is 7.70. The molecule has 0 saturated heterocycles. The third-order valence-corrected chi connectivity index (χ3v) is 3.07. The molecule has 0 aliphatic heterocycles. The van der Waals surface area contributed by atoms with Crippen LogP contribution in [0.1, 0.15) is 0 Å². The van der Waals surface area contributed by atoms with Gasteiger partial charge in [0.1, 0.15) is 0 Å². The molecule has 0 saturated carbocycles. The van der Waals surface area contributed by atoms with E-state index in [2.05, 4.69) is 0 Å². The lowest BCUT2D eigenvalue weighted by Crippen LogP contribution is -2.16. The van der Waals surface area contributed by atoms with Gasteiger partial charge in [0.05, 0.1) is 0 Å². The van der Waals surface area contributed by atoms with E-state index >= 15 is 0 Å². The van der Waals surface area contributed by atoms with Gasteiger partial charge in [-0.05, 0) is 21.3 Å². The van der Waals surface area contributed by atoms with Crippen LogP contribution in [0, 0.1) is 0 Å². The molecule has 2 N–H and O–H groups in total. The van der Waals surface area contributed by atoms with Gasteiger partial charge in [0, 0.05) is 0 Å². The van der Waals surface area contributed by atoms with E-state index in [4.69, 9.17) is 9.79 Å². The molecule has 0 heterocycles. The second kappa shape index (κ2) is 3.83. The van der Waals surface area contributed by atoms with Gasteiger partial charge in [-0.2, -0.15) is 9.79 Å². The summed E-state index contributed by atoms with van der Waals surface area (Å²) >= 11 is 0. The van der Waals surface area contributed by atoms with Crippen molar-refractivity contribution in [3.63, 3.8) is 0 Å². The minimum absolute atomic E-state index is 0.0242. The van der Waals surface area contributed by atoms with Gasteiger partial charge in [0.25, 0.3) is 10.6 Å². The Bertz CT molecular complexity index is 303. The van der Waals surface area contributed by atoms with Crippen LogP contribution in [0.3, 0.4) is 0 Å². The van der Waals surface area contributed by atoms with E-state index in [1.807, 2.05) is 0 Å². The average molecular weight is 204 g/mol. The van der Waals surface area contributed by atoms with Crippen molar-refractivity contribution in [2.24, 2.45) is 0 Å². The summed E-state index contributed by atoms with van der Waals surface area (Å²) in [5.74, 6) is 0. The summed E-state index contributed by atoms with van der Waals surface area (Å²) in [6.07, 6.45) is 0. The average Bonchev–Trinajstić information content (AvgIpc) is 2.04. The fraction of sp³-hybridized carbons (Fsp3) is 0. The maximum atomic E-state index is 10.6. The fourth-order valence-corrected chi connectivity index (χ4v) is 2.27. The van der Waals surface area contributed by atoms with E-state index in [-0.39, 0.29) is 10.6 Å². The second-order valence-corrected chi connectivity index (χ2v) is 4.09. The highest BCUT2D eigenvalue weighted by Gasteiger charge is 2.32. The molecule has 0 fully saturated rings. The zero-order chi connectivity index (χ0) is 9.14. The Hall–Kier alpha value is -0.660. The first kappa shape index (κ1) is 9.43. The third kappa shape index (κ3) is 1.93. The Labute approximate surface area is 70.6 Å². The van der Waals surface area contributed by atoms with Crippen molar-refractivity contribution < 1.29 is 18.9 Å². The third-order valence-electron chi connectivity index (χ3n) is 1.29. The molecule has 0 amide bonds. The van der Waals surface area contributed by atoms with Crippen LogP contribution in [0.25, 0.3) is 0 Å². The van der Waals surface area contributed by atoms with Crippen LogP contribution in [-0.2, 0) is 9.13 Å². The van der Waals surface area contributed by atoms with Crippen LogP contribution in [-0.4, -0.2) is 9.79 Å². The highest BCUT2D eigenvalue weighted by atomic mass is 31.1. The Morgan fingerprint density at radius 1 is 0.917 bits per heavy atom. The van der Waals surface area contributed by atoms with Crippen molar-refractivity contribution in [2.75, 3.05) is 0 Å². The molecule has 0 bridgehead atoms. The van der Waals surface area contributed by atoms with Crippen LogP contribution in [0.2, 0.25) is 0 Å². The van der Waals surface area contributed by atoms with Gasteiger partial charge in [-0.25, -0.2) is 0 Å². The highest BCUT2D eigenvalue weighted by molar-refractivity contribution is 7.54. The van der Waals surface area contributed by atoms with Crippen LogP contribution in [0.15, 0.2) is 24.3 Å². The van der Waals surface area contributed by atoms with Gasteiger partial charge in [-0.3, -0.25) is 0 Å². The molecule has 0 radical (unpaired) electrons. The summed E-state index contributed by atoms with van der Waals surface area (Å²) in [7, 11) is -5.09. The smallest absolute Gasteiger partial charge is 0.156 e. The maximum Gasteiger partial charge on any atom is 0.551 e. The quantitative estimate of drug-likeness (QED) is 0.684. The molecule has 0 spiro atoms. The van der Waals surface area contributed by atoms with E-state index in [0.717, 1.165) is 0 Å². The van der Waals surface area contributed by atoms with E-state index in [1.54, 1.807) is 12.1 Å². The molecule has 0 aliphatic carbocycles. The maximum absolute atomic E-state index is 10.6. The van der Waals surface area contributed by atoms with Gasteiger partial charge in [0.15, 0.2) is 0 Å². The zero-order valence-electron chi connectivity index (χ0n) is 5.91. The topological polar surface area (TPSA) is 74.6 Å². The number of rotatable bonds is 2. The van der Waals surface area contributed by atoms with Crippen molar-refractivity contribution >= 4 is 26.7 Å². The summed E-state index contributed by atoms with van der Waals surface area (Å²) in [5.41, 5.74) is 0. The molecule has 4 nitrogen and oxygen atoms in total. The lowest BCUT2D eigenvalue weighted by Gasteiger charge is -1.81. The van der Waals surface area contributed by atoms with Crippen LogP contribution in [0.4, 0.5) is 0 Å². The Morgan fingerprint density at radius 3 is 1.50 bits per heavy atom. The standard InChI is InChI=1S/C6H4O4P2/c7-11(8)5-3-1-2-4-6(5)12(9)10/h1-4H/p+2. The molecule has 1 aromatic rings. The van der Waals surface area contributed by atoms with Crippen LogP contribution in [0.5, 0.6) is 0 Å². The molecule has 1 rings (SSSR count). The number of hydrogen-bond acceptors (Lipinski definition) is 2. The summed E-state index contributed by atoms with van der Waals surface area (Å²) < 4.78 is 21.3. The largest absolute Gasteiger partial charge is 0.551 e. The number of benzene rings is 1. The molecule has 62 valence electrons. The lowest BCUT2D eigenvalue weighted by atomic mass is 10.4. The normalized spacial score (nSPS) is 12.5. The summed E-state index contributed by atoms with van der Waals surface area (Å²) in [5, 5.41) is 0.0484. The van der Waals surface area contributed by atoms with E-state index in [0.29, 0.717) is 0 Å². The van der Waals surface area contributed by atoms with Crippen molar-refractivity contribution in [2.45, 2.75) is 0 Å². The molecular formula is C6H6O4P2+2. The fourth-order valence-electron chi connectivity index (χ4n) is 0.788. The predicted octanol–water partition coefficient (Wildman–Crippen LogP) is 0.407. The minimum atomic E-state index is -2.54. The van der Waals surface area contributed by atoms with Crippen molar-refractivity contribution in [1.82, 2.24) is 0 Å². The molecule has 0 aliphatic rings. The molecule has 1 aromatic carbocycles. The van der Waals surface area contributed by atoms with Gasteiger partial charge in [-0.15, -0.1) is 0 Å². The van der Waals surface area contributed by atoms with Crippen LogP contribution < -0.4 is 10.6 Å². The molecule has 0 aromatic heterocycles. The molecule has 2 unspecified atom stereocenters. The Balaban J connectivity index is 3.27. The molecular weight excluding hydrogens is 198 g/mol. The summed E-state index contributed by atoms with van der Waals surface area (Å²) in [4.78, 5) is 17.4. The monoisotopic (exact) mass is 204 g/mol. The summed E-state index contributed by atoms with van der Waals surface area (Å²) in [6.45, 7) is 0. The SMILES string of the molecule is O=[P+](O)c1ccccc1[P+](=O)O. The Morgan fingerprint density at radius 2 is 1.25 bits per heavy atom. The van der Waals surface area contributed by atoms with Crippen molar-refractivity contribution in [3.05, 3.63) is 24.3 Å². The van der Waals surface area contributed by atoms with Crippen molar-refractivity contribution in [1.29, 1.82) is 0 Å². The van der Waals surface area contributed by atoms with Gasteiger partial charge in [-0.1, -0.05) is 12.1 Å². The van der Waals surface area contributed by atoms with Gasteiger partial charge >= 0.3 is 16.1 Å². The molecule has 2 atom stereocenters. The molecule has 12 heavy (non-hydrogen) atoms. The predicted molar refractivity (Wildman–Crippen MR) is 45.4 cm³/mol. The van der Waals surface area contributed by atoms with Crippen LogP contribution >= 0.6 is 16.1 Å². The molecule has 6 heteroatoms. The van der Waals surface area contributed by atoms with Crippen molar-refractivity contribution in [3.8, 4) is 0 Å². The van der Waals surface area contributed by atoms with E-state index in [1.165, 1.54) is 12.1 Å². The lowest BCUT2D eigenvalue weighted by molar-refractivity contribution is 0.509. The Kier molecular flexibility index (Phi) is 3.01. The van der Waals surface area contributed by atoms with Gasteiger partial charge in [0.2, 0.25) is 0 Å². The minimum Gasteiger partial charge on any atom is -0.156 e. The first-order valence-electron chi connectivity index (χ1n) is 3.04. The summed E-state index contributed by atoms with van der Waals surface area (Å²) in [6, 6.07) is 5.80. The number of hydrogen-bond donors (Lipinski definition) is 2. The highest BCUT2D eigenvalue weighted by Crippen LogP contribution is 2.18. The first-order chi connectivity index (χ1) is 5.63. The van der Waals surface area contributed by atoms with E-state index < -0.39 is 16.1 Å². The van der Waals surface area contributed by atoms with E-state index in [9.17, 15) is 9.13 Å². The second-order valence-electron chi connectivity index (χ2n) is 2.03. The van der Waals surface area contributed by atoms with Gasteiger partial charge < -0.3 is 0 Å². The first-order valence-corrected chi connectivity index (χ1v) is 5.46.